The van der Waals surface area contributed by atoms with Crippen molar-refractivity contribution < 1.29 is 0 Å². The van der Waals surface area contributed by atoms with Crippen molar-refractivity contribution in [1.29, 1.82) is 0 Å². The number of benzene rings is 1. The van der Waals surface area contributed by atoms with E-state index in [9.17, 15) is 0 Å². The van der Waals surface area contributed by atoms with Gasteiger partial charge in [-0.05, 0) is 26.1 Å². The molecule has 1 aliphatic heterocycles. The summed E-state index contributed by atoms with van der Waals surface area (Å²) in [5, 5.41) is 15.6. The summed E-state index contributed by atoms with van der Waals surface area (Å²) in [5.41, 5.74) is 2.26. The maximum atomic E-state index is 6.58. The van der Waals surface area contributed by atoms with Gasteiger partial charge in [-0.1, -0.05) is 24.6 Å². The second kappa shape index (κ2) is 11.2. The van der Waals surface area contributed by atoms with Crippen LogP contribution in [0.15, 0.2) is 29.5 Å². The second-order valence-corrected chi connectivity index (χ2v) is 7.85. The number of likely N-dealkylation sites (N-methyl/N-ethyl adjacent to an activating group) is 1. The van der Waals surface area contributed by atoms with Crippen LogP contribution in [0.3, 0.4) is 0 Å². The molecule has 0 amide bonds. The zero-order valence-corrected chi connectivity index (χ0v) is 19.0. The molecule has 1 saturated heterocycles. The van der Waals surface area contributed by atoms with Crippen LogP contribution in [-0.4, -0.2) is 71.9 Å². The first-order chi connectivity index (χ1) is 14.6. The third-order valence-corrected chi connectivity index (χ3v) is 5.69. The van der Waals surface area contributed by atoms with Crippen molar-refractivity contribution in [3.63, 3.8) is 0 Å². The minimum atomic E-state index is 0.531. The first-order valence-corrected chi connectivity index (χ1v) is 11.1. The quantitative estimate of drug-likeness (QED) is 0.491. The molecule has 2 N–H and O–H groups in total. The van der Waals surface area contributed by atoms with Crippen LogP contribution in [0.25, 0.3) is 0 Å². The Balaban J connectivity index is 1.66. The number of hydrogen-bond donors (Lipinski definition) is 2. The van der Waals surface area contributed by atoms with Gasteiger partial charge >= 0.3 is 0 Å². The Morgan fingerprint density at radius 2 is 1.97 bits per heavy atom. The van der Waals surface area contributed by atoms with Gasteiger partial charge in [-0.2, -0.15) is 0 Å². The fourth-order valence-corrected chi connectivity index (χ4v) is 3.81. The van der Waals surface area contributed by atoms with E-state index in [0.717, 1.165) is 74.6 Å². The van der Waals surface area contributed by atoms with Crippen molar-refractivity contribution >= 4 is 23.2 Å². The Bertz CT molecular complexity index is 826. The summed E-state index contributed by atoms with van der Waals surface area (Å²) in [6.07, 6.45) is 2.65. The predicted octanol–water partition coefficient (Wildman–Crippen LogP) is 2.00. The summed E-state index contributed by atoms with van der Waals surface area (Å²) < 4.78 is 2.07. The third-order valence-electron chi connectivity index (χ3n) is 5.33. The molecule has 1 fully saturated rings. The molecule has 0 bridgehead atoms. The molecule has 1 aromatic heterocycles. The van der Waals surface area contributed by atoms with E-state index in [4.69, 9.17) is 16.6 Å². The number of guanidine groups is 1. The fraction of sp³-hybridized carbons (Fsp3) is 0.571. The standard InChI is InChI=1S/C21H33ClN8/c1-4-20-27-26-16-30(20)10-9-24-21(23-5-2)25-15-17-18(22)7-6-8-19(17)29-13-11-28(3)12-14-29/h6-8,16H,4-5,9-15H2,1-3H3,(H2,23,24,25). The molecule has 30 heavy (non-hydrogen) atoms. The van der Waals surface area contributed by atoms with Crippen molar-refractivity contribution in [1.82, 2.24) is 30.3 Å². The number of aromatic nitrogens is 3. The van der Waals surface area contributed by atoms with Gasteiger partial charge < -0.3 is 25.0 Å². The monoisotopic (exact) mass is 432 g/mol. The van der Waals surface area contributed by atoms with E-state index in [1.165, 1.54) is 5.69 Å². The van der Waals surface area contributed by atoms with Crippen LogP contribution in [0, 0.1) is 0 Å². The highest BCUT2D eigenvalue weighted by molar-refractivity contribution is 6.31. The van der Waals surface area contributed by atoms with E-state index in [-0.39, 0.29) is 0 Å². The summed E-state index contributed by atoms with van der Waals surface area (Å²) in [6, 6.07) is 6.13. The average molecular weight is 433 g/mol. The van der Waals surface area contributed by atoms with E-state index in [2.05, 4.69) is 62.2 Å². The van der Waals surface area contributed by atoms with E-state index >= 15 is 0 Å². The minimum absolute atomic E-state index is 0.531. The zero-order valence-electron chi connectivity index (χ0n) is 18.2. The Labute approximate surface area is 184 Å². The lowest BCUT2D eigenvalue weighted by atomic mass is 10.1. The molecule has 1 aliphatic rings. The molecule has 3 rings (SSSR count). The van der Waals surface area contributed by atoms with Crippen LogP contribution in [0.5, 0.6) is 0 Å². The molecule has 0 radical (unpaired) electrons. The normalized spacial score (nSPS) is 15.5. The van der Waals surface area contributed by atoms with Crippen molar-refractivity contribution in [2.45, 2.75) is 33.4 Å². The van der Waals surface area contributed by atoms with Crippen LogP contribution in [-0.2, 0) is 19.5 Å². The molecule has 0 aliphatic carbocycles. The van der Waals surface area contributed by atoms with Gasteiger partial charge in [0.05, 0.1) is 6.54 Å². The Morgan fingerprint density at radius 1 is 1.17 bits per heavy atom. The summed E-state index contributed by atoms with van der Waals surface area (Å²) in [5.74, 6) is 1.78. The molecular weight excluding hydrogens is 400 g/mol. The van der Waals surface area contributed by atoms with E-state index < -0.39 is 0 Å². The van der Waals surface area contributed by atoms with Crippen molar-refractivity contribution in [3.05, 3.63) is 40.9 Å². The van der Waals surface area contributed by atoms with Gasteiger partial charge in [0.15, 0.2) is 5.96 Å². The van der Waals surface area contributed by atoms with Crippen LogP contribution in [0.1, 0.15) is 25.2 Å². The summed E-state index contributed by atoms with van der Waals surface area (Å²) in [7, 11) is 2.16. The molecule has 8 nitrogen and oxygen atoms in total. The molecule has 9 heteroatoms. The first-order valence-electron chi connectivity index (χ1n) is 10.7. The number of aliphatic imine (C=N–C) groups is 1. The van der Waals surface area contributed by atoms with E-state index in [1.807, 2.05) is 12.1 Å². The molecule has 2 heterocycles. The summed E-state index contributed by atoms with van der Waals surface area (Å²) in [6.45, 7) is 11.1. The Morgan fingerprint density at radius 3 is 2.70 bits per heavy atom. The smallest absolute Gasteiger partial charge is 0.191 e. The molecule has 164 valence electrons. The van der Waals surface area contributed by atoms with Gasteiger partial charge in [0.25, 0.3) is 0 Å². The second-order valence-electron chi connectivity index (χ2n) is 7.44. The Hall–Kier alpha value is -2.32. The molecule has 1 aromatic carbocycles. The number of rotatable bonds is 8. The lowest BCUT2D eigenvalue weighted by Crippen LogP contribution is -2.44. The SMILES string of the molecule is CCNC(=NCc1c(Cl)cccc1N1CCN(C)CC1)NCCn1cnnc1CC. The average Bonchev–Trinajstić information content (AvgIpc) is 3.20. The summed E-state index contributed by atoms with van der Waals surface area (Å²) in [4.78, 5) is 9.57. The molecular formula is C21H33ClN8. The topological polar surface area (TPSA) is 73.6 Å². The fourth-order valence-electron chi connectivity index (χ4n) is 3.58. The Kier molecular flexibility index (Phi) is 8.33. The van der Waals surface area contributed by atoms with Crippen LogP contribution < -0.4 is 15.5 Å². The predicted molar refractivity (Wildman–Crippen MR) is 123 cm³/mol. The van der Waals surface area contributed by atoms with Crippen molar-refractivity contribution in [2.75, 3.05) is 51.2 Å². The van der Waals surface area contributed by atoms with Crippen LogP contribution in [0.4, 0.5) is 5.69 Å². The van der Waals surface area contributed by atoms with Crippen molar-refractivity contribution in [3.8, 4) is 0 Å². The van der Waals surface area contributed by atoms with Gasteiger partial charge in [0.1, 0.15) is 12.2 Å². The maximum Gasteiger partial charge on any atom is 0.191 e. The van der Waals surface area contributed by atoms with Gasteiger partial charge in [-0.3, -0.25) is 0 Å². The highest BCUT2D eigenvalue weighted by Gasteiger charge is 2.18. The van der Waals surface area contributed by atoms with Gasteiger partial charge in [0.2, 0.25) is 0 Å². The lowest BCUT2D eigenvalue weighted by molar-refractivity contribution is 0.312. The summed E-state index contributed by atoms with van der Waals surface area (Å²) >= 11 is 6.58. The van der Waals surface area contributed by atoms with Crippen molar-refractivity contribution in [2.24, 2.45) is 4.99 Å². The lowest BCUT2D eigenvalue weighted by Gasteiger charge is -2.35. The number of anilines is 1. The van der Waals surface area contributed by atoms with Gasteiger partial charge in [-0.25, -0.2) is 4.99 Å². The van der Waals surface area contributed by atoms with Gasteiger partial charge in [0, 0.05) is 68.5 Å². The number of piperazine rings is 1. The number of aryl methyl sites for hydroxylation is 1. The number of halogens is 1. The zero-order chi connectivity index (χ0) is 21.3. The molecule has 2 aromatic rings. The number of hydrogen-bond acceptors (Lipinski definition) is 5. The first kappa shape index (κ1) is 22.4. The molecule has 0 atom stereocenters. The highest BCUT2D eigenvalue weighted by Crippen LogP contribution is 2.29. The largest absolute Gasteiger partial charge is 0.369 e. The minimum Gasteiger partial charge on any atom is -0.369 e. The number of nitrogens with zero attached hydrogens (tertiary/aromatic N) is 6. The molecule has 0 saturated carbocycles. The van der Waals surface area contributed by atoms with Crippen LogP contribution in [0.2, 0.25) is 5.02 Å². The molecule has 0 spiro atoms. The van der Waals surface area contributed by atoms with E-state index in [1.54, 1.807) is 6.33 Å². The van der Waals surface area contributed by atoms with E-state index in [0.29, 0.717) is 6.54 Å². The van der Waals surface area contributed by atoms with Crippen LogP contribution >= 0.6 is 11.6 Å². The number of nitrogens with one attached hydrogen (secondary N) is 2. The third kappa shape index (κ3) is 5.86. The van der Waals surface area contributed by atoms with Gasteiger partial charge in [-0.15, -0.1) is 10.2 Å². The highest BCUT2D eigenvalue weighted by atomic mass is 35.5. The maximum absolute atomic E-state index is 6.58. The molecule has 0 unspecified atom stereocenters.